The van der Waals surface area contributed by atoms with Crippen molar-refractivity contribution in [3.8, 4) is 0 Å². The second-order valence-electron chi connectivity index (χ2n) is 6.61. The van der Waals surface area contributed by atoms with E-state index < -0.39 is 18.0 Å². The Morgan fingerprint density at radius 3 is 2.72 bits per heavy atom. The minimum absolute atomic E-state index is 0.0301. The Bertz CT molecular complexity index is 717. The molecular weight excluding hydrogens is 324 g/mol. The predicted octanol–water partition coefficient (Wildman–Crippen LogP) is 0.968. The number of carbonyl (C=O) groups excluding carboxylic acids is 2. The highest BCUT2D eigenvalue weighted by Crippen LogP contribution is 2.30. The van der Waals surface area contributed by atoms with Gasteiger partial charge in [0.25, 0.3) is 0 Å². The molecule has 0 saturated carbocycles. The third-order valence-electron chi connectivity index (χ3n) is 4.99. The standard InChI is InChI=1S/C18H22N2O5/c1-11-4-3-5-14(12(11)2)20-9-13(8-16(20)21)17(22)19-6-7-25-15(10-19)18(23)24/h3-5,13,15H,6-10H2,1-2H3,(H,23,24)/t13-,15-/m1/s1. The van der Waals surface area contributed by atoms with Crippen LogP contribution >= 0.6 is 0 Å². The Balaban J connectivity index is 1.73. The Morgan fingerprint density at radius 1 is 1.24 bits per heavy atom. The van der Waals surface area contributed by atoms with Crippen molar-refractivity contribution < 1.29 is 24.2 Å². The van der Waals surface area contributed by atoms with Gasteiger partial charge in [0.1, 0.15) is 0 Å². The zero-order valence-corrected chi connectivity index (χ0v) is 14.4. The van der Waals surface area contributed by atoms with Gasteiger partial charge < -0.3 is 19.6 Å². The van der Waals surface area contributed by atoms with Gasteiger partial charge in [-0.1, -0.05) is 12.1 Å². The van der Waals surface area contributed by atoms with Crippen LogP contribution in [0.5, 0.6) is 0 Å². The van der Waals surface area contributed by atoms with E-state index in [4.69, 9.17) is 9.84 Å². The molecule has 1 aromatic rings. The summed E-state index contributed by atoms with van der Waals surface area (Å²) in [5.74, 6) is -1.76. The third kappa shape index (κ3) is 3.37. The van der Waals surface area contributed by atoms with Gasteiger partial charge in [-0.25, -0.2) is 4.79 Å². The van der Waals surface area contributed by atoms with E-state index in [-0.39, 0.29) is 31.4 Å². The molecule has 0 unspecified atom stereocenters. The van der Waals surface area contributed by atoms with Gasteiger partial charge in [0.15, 0.2) is 6.10 Å². The number of anilines is 1. The Labute approximate surface area is 146 Å². The molecule has 0 aromatic heterocycles. The molecule has 0 aliphatic carbocycles. The number of carboxylic acid groups (broad SMARTS) is 1. The average molecular weight is 346 g/mol. The van der Waals surface area contributed by atoms with E-state index in [1.165, 1.54) is 4.90 Å². The van der Waals surface area contributed by atoms with Crippen LogP contribution in [0, 0.1) is 19.8 Å². The van der Waals surface area contributed by atoms with Crippen LogP contribution in [0.1, 0.15) is 17.5 Å². The smallest absolute Gasteiger partial charge is 0.334 e. The van der Waals surface area contributed by atoms with E-state index in [1.807, 2.05) is 32.0 Å². The molecule has 2 aliphatic heterocycles. The van der Waals surface area contributed by atoms with Crippen LogP contribution in [0.3, 0.4) is 0 Å². The molecule has 0 radical (unpaired) electrons. The predicted molar refractivity (Wildman–Crippen MR) is 90.3 cm³/mol. The van der Waals surface area contributed by atoms with E-state index in [0.717, 1.165) is 16.8 Å². The molecule has 0 bridgehead atoms. The maximum Gasteiger partial charge on any atom is 0.334 e. The molecule has 2 fully saturated rings. The Hall–Kier alpha value is -2.41. The molecule has 1 N–H and O–H groups in total. The van der Waals surface area contributed by atoms with Crippen molar-refractivity contribution >= 4 is 23.5 Å². The maximum atomic E-state index is 12.7. The summed E-state index contributed by atoms with van der Waals surface area (Å²) < 4.78 is 5.15. The lowest BCUT2D eigenvalue weighted by molar-refractivity contribution is -0.160. The zero-order valence-electron chi connectivity index (χ0n) is 14.4. The number of aryl methyl sites for hydroxylation is 1. The number of ether oxygens (including phenoxy) is 1. The first-order valence-corrected chi connectivity index (χ1v) is 8.38. The number of carbonyl (C=O) groups is 3. The lowest BCUT2D eigenvalue weighted by atomic mass is 10.1. The van der Waals surface area contributed by atoms with Crippen LogP contribution in [0.2, 0.25) is 0 Å². The van der Waals surface area contributed by atoms with Crippen LogP contribution in [0.4, 0.5) is 5.69 Å². The van der Waals surface area contributed by atoms with E-state index in [2.05, 4.69) is 0 Å². The molecule has 2 atom stereocenters. The summed E-state index contributed by atoms with van der Waals surface area (Å²) in [5.41, 5.74) is 2.96. The SMILES string of the molecule is Cc1cccc(N2C[C@H](C(=O)N3CCO[C@@H](C(=O)O)C3)CC2=O)c1C. The number of carboxylic acids is 1. The molecule has 134 valence electrons. The van der Waals surface area contributed by atoms with Gasteiger partial charge in [-0.3, -0.25) is 9.59 Å². The topological polar surface area (TPSA) is 87.2 Å². The fourth-order valence-corrected chi connectivity index (χ4v) is 3.39. The summed E-state index contributed by atoms with van der Waals surface area (Å²) in [6.45, 7) is 4.87. The first kappa shape index (κ1) is 17.4. The highest BCUT2D eigenvalue weighted by Gasteiger charge is 2.39. The van der Waals surface area contributed by atoms with Crippen molar-refractivity contribution in [2.75, 3.05) is 31.1 Å². The number of morpholine rings is 1. The van der Waals surface area contributed by atoms with Crippen LogP contribution in [-0.4, -0.2) is 60.1 Å². The lowest BCUT2D eigenvalue weighted by Crippen LogP contribution is -2.50. The van der Waals surface area contributed by atoms with Gasteiger partial charge in [-0.2, -0.15) is 0 Å². The number of hydrogen-bond acceptors (Lipinski definition) is 4. The van der Waals surface area contributed by atoms with Gasteiger partial charge >= 0.3 is 5.97 Å². The zero-order chi connectivity index (χ0) is 18.1. The van der Waals surface area contributed by atoms with Crippen molar-refractivity contribution in [1.82, 2.24) is 4.90 Å². The highest BCUT2D eigenvalue weighted by molar-refractivity contribution is 6.01. The first-order chi connectivity index (χ1) is 11.9. The summed E-state index contributed by atoms with van der Waals surface area (Å²) in [5, 5.41) is 9.07. The van der Waals surface area contributed by atoms with E-state index >= 15 is 0 Å². The van der Waals surface area contributed by atoms with Gasteiger partial charge in [0.05, 0.1) is 19.1 Å². The van der Waals surface area contributed by atoms with Crippen molar-refractivity contribution in [1.29, 1.82) is 0 Å². The number of rotatable bonds is 3. The van der Waals surface area contributed by atoms with Gasteiger partial charge in [-0.05, 0) is 31.0 Å². The molecule has 2 heterocycles. The molecule has 0 spiro atoms. The minimum atomic E-state index is -1.07. The normalized spacial score (nSPS) is 23.8. The second-order valence-corrected chi connectivity index (χ2v) is 6.61. The van der Waals surface area contributed by atoms with E-state index in [1.54, 1.807) is 4.90 Å². The number of hydrogen-bond donors (Lipinski definition) is 1. The van der Waals surface area contributed by atoms with Crippen molar-refractivity contribution in [2.45, 2.75) is 26.4 Å². The van der Waals surface area contributed by atoms with Crippen molar-refractivity contribution in [3.63, 3.8) is 0 Å². The fourth-order valence-electron chi connectivity index (χ4n) is 3.39. The average Bonchev–Trinajstić information content (AvgIpc) is 2.98. The largest absolute Gasteiger partial charge is 0.479 e. The molecule has 2 saturated heterocycles. The van der Waals surface area contributed by atoms with Crippen LogP contribution in [0.15, 0.2) is 18.2 Å². The number of nitrogens with zero attached hydrogens (tertiary/aromatic N) is 2. The van der Waals surface area contributed by atoms with Gasteiger partial charge in [0, 0.05) is 25.2 Å². The summed E-state index contributed by atoms with van der Waals surface area (Å²) in [4.78, 5) is 39.4. The van der Waals surface area contributed by atoms with Crippen molar-refractivity contribution in [3.05, 3.63) is 29.3 Å². The number of benzene rings is 1. The summed E-state index contributed by atoms with van der Waals surface area (Å²) in [7, 11) is 0. The van der Waals surface area contributed by atoms with Gasteiger partial charge in [-0.15, -0.1) is 0 Å². The van der Waals surface area contributed by atoms with E-state index in [0.29, 0.717) is 13.1 Å². The summed E-state index contributed by atoms with van der Waals surface area (Å²) in [6.07, 6.45) is -0.841. The Morgan fingerprint density at radius 2 is 2.00 bits per heavy atom. The summed E-state index contributed by atoms with van der Waals surface area (Å²) in [6, 6.07) is 5.78. The van der Waals surface area contributed by atoms with Crippen LogP contribution in [-0.2, 0) is 19.1 Å². The van der Waals surface area contributed by atoms with Gasteiger partial charge in [0.2, 0.25) is 11.8 Å². The lowest BCUT2D eigenvalue weighted by Gasteiger charge is -2.32. The van der Waals surface area contributed by atoms with Crippen LogP contribution in [0.25, 0.3) is 0 Å². The Kier molecular flexibility index (Phi) is 4.76. The third-order valence-corrected chi connectivity index (χ3v) is 4.99. The fraction of sp³-hybridized carbons (Fsp3) is 0.500. The quantitative estimate of drug-likeness (QED) is 0.881. The second kappa shape index (κ2) is 6.84. The molecule has 7 nitrogen and oxygen atoms in total. The monoisotopic (exact) mass is 346 g/mol. The molecule has 1 aromatic carbocycles. The van der Waals surface area contributed by atoms with E-state index in [9.17, 15) is 14.4 Å². The number of amides is 2. The molecular formula is C18H22N2O5. The number of aliphatic carboxylic acids is 1. The maximum absolute atomic E-state index is 12.7. The summed E-state index contributed by atoms with van der Waals surface area (Å²) >= 11 is 0. The minimum Gasteiger partial charge on any atom is -0.479 e. The molecule has 3 rings (SSSR count). The first-order valence-electron chi connectivity index (χ1n) is 8.38. The molecule has 25 heavy (non-hydrogen) atoms. The molecule has 2 aliphatic rings. The van der Waals surface area contributed by atoms with Crippen molar-refractivity contribution in [2.24, 2.45) is 5.92 Å². The molecule has 2 amide bonds. The molecule has 7 heteroatoms. The van der Waals surface area contributed by atoms with Crippen LogP contribution < -0.4 is 4.90 Å². The highest BCUT2D eigenvalue weighted by atomic mass is 16.5.